The fourth-order valence-electron chi connectivity index (χ4n) is 6.07. The Morgan fingerprint density at radius 1 is 1.09 bits per heavy atom. The van der Waals surface area contributed by atoms with Crippen molar-refractivity contribution in [1.82, 2.24) is 19.5 Å². The summed E-state index contributed by atoms with van der Waals surface area (Å²) in [6.45, 7) is 1.57. The Hall–Kier alpha value is -5.11. The first-order valence-electron chi connectivity index (χ1n) is 17.7. The second kappa shape index (κ2) is 17.6. The van der Waals surface area contributed by atoms with Crippen LogP contribution in [0.2, 0.25) is 0 Å². The largest absolute Gasteiger partial charge is 0.497 e. The number of furan rings is 1. The van der Waals surface area contributed by atoms with Crippen molar-refractivity contribution in [3.63, 3.8) is 0 Å². The summed E-state index contributed by atoms with van der Waals surface area (Å²) in [7, 11) is 0.358. The first-order valence-corrected chi connectivity index (χ1v) is 19.3. The molecule has 21 heteroatoms. The first-order chi connectivity index (χ1) is 27.2. The normalized spacial score (nSPS) is 21.4. The van der Waals surface area contributed by atoms with E-state index in [0.717, 1.165) is 25.4 Å². The molecule has 5 atom stereocenters. The Kier molecular flexibility index (Phi) is 12.8. The predicted molar refractivity (Wildman–Crippen MR) is 196 cm³/mol. The second-order valence-electron chi connectivity index (χ2n) is 13.3. The number of rotatable bonds is 15. The van der Waals surface area contributed by atoms with E-state index in [9.17, 15) is 24.1 Å². The van der Waals surface area contributed by atoms with Crippen LogP contribution in [0, 0.1) is 0 Å². The number of fused-ring (bicyclic) bond motifs is 1. The van der Waals surface area contributed by atoms with Crippen LogP contribution in [0.4, 0.5) is 19.4 Å². The average molecular weight is 822 g/mol. The van der Waals surface area contributed by atoms with Crippen molar-refractivity contribution >= 4 is 36.6 Å². The second-order valence-corrected chi connectivity index (χ2v) is 15.0. The van der Waals surface area contributed by atoms with Crippen molar-refractivity contribution in [2.45, 2.75) is 62.9 Å². The Balaban J connectivity index is 1.08. The number of hydrogen-bond acceptors (Lipinski definition) is 15. The van der Waals surface area contributed by atoms with E-state index in [1.807, 2.05) is 7.05 Å². The minimum absolute atomic E-state index is 0.0618. The Bertz CT molecular complexity index is 2150. The number of aromatic nitrogens is 2. The van der Waals surface area contributed by atoms with Crippen LogP contribution in [-0.4, -0.2) is 103 Å². The summed E-state index contributed by atoms with van der Waals surface area (Å²) in [5.41, 5.74) is -0.880. The van der Waals surface area contributed by atoms with Crippen molar-refractivity contribution in [3.8, 4) is 17.2 Å². The van der Waals surface area contributed by atoms with E-state index in [2.05, 4.69) is 20.3 Å². The van der Waals surface area contributed by atoms with Gasteiger partial charge in [-0.25, -0.2) is 14.2 Å². The van der Waals surface area contributed by atoms with Crippen LogP contribution < -0.4 is 30.1 Å². The van der Waals surface area contributed by atoms with Crippen molar-refractivity contribution in [3.05, 3.63) is 77.0 Å². The third kappa shape index (κ3) is 9.89. The molecule has 4 heterocycles. The Morgan fingerprint density at radius 3 is 2.51 bits per heavy atom. The maximum absolute atomic E-state index is 15.5. The number of likely N-dealkylation sites (tertiary alicyclic amines) is 1. The molecule has 2 fully saturated rings. The summed E-state index contributed by atoms with van der Waals surface area (Å²) in [6, 6.07) is 12.5. The quantitative estimate of drug-likeness (QED) is 0.112. The molecular formula is C36H42F2N5O13P. The van der Waals surface area contributed by atoms with Gasteiger partial charge in [-0.05, 0) is 57.1 Å². The van der Waals surface area contributed by atoms with E-state index in [0.29, 0.717) is 39.9 Å². The molecular weight excluding hydrogens is 779 g/mol. The molecule has 308 valence electrons. The van der Waals surface area contributed by atoms with Crippen LogP contribution in [0.25, 0.3) is 11.0 Å². The number of carbonyl (C=O) groups excluding carboxylic acids is 2. The minimum atomic E-state index is -4.54. The van der Waals surface area contributed by atoms with Crippen LogP contribution in [-0.2, 0) is 34.7 Å². The summed E-state index contributed by atoms with van der Waals surface area (Å²) < 4.78 is 88.8. The molecule has 0 spiro atoms. The van der Waals surface area contributed by atoms with Crippen LogP contribution >= 0.6 is 7.75 Å². The summed E-state index contributed by atoms with van der Waals surface area (Å²) in [5.74, 6) is -3.93. The van der Waals surface area contributed by atoms with Crippen molar-refractivity contribution in [2.75, 3.05) is 46.3 Å². The number of benzene rings is 2. The van der Waals surface area contributed by atoms with Gasteiger partial charge in [0, 0.05) is 30.7 Å². The number of nitrogens with zero attached hydrogens (tertiary/aromatic N) is 3. The molecule has 2 aliphatic heterocycles. The number of esters is 1. The summed E-state index contributed by atoms with van der Waals surface area (Å²) >= 11 is 0. The number of aliphatic hydroxyl groups is 1. The highest BCUT2D eigenvalue weighted by Gasteiger charge is 2.60. The first kappa shape index (κ1) is 41.5. The van der Waals surface area contributed by atoms with Gasteiger partial charge in [0.25, 0.3) is 0 Å². The highest BCUT2D eigenvalue weighted by atomic mass is 31.2. The number of ether oxygens (including phenoxy) is 5. The van der Waals surface area contributed by atoms with Gasteiger partial charge in [-0.1, -0.05) is 18.2 Å². The number of carbonyl (C=O) groups is 2. The molecule has 1 amide bonds. The standard InChI is InChI=1S/C36H42F2N5O13P/c1-21(32(45)54-23-10-13-42(2)14-11-23)41-57(48,56-24-8-6-5-7-9-24)52-20-28-31(44)36(37,38)33(55-28)43-15-12-29(39-34(43)46)40-35(47)51-19-26-17-22-16-25(49-3)18-27(50-4)30(22)53-26/h5-9,12,15-18,21,23,28,31,33,44H,10-11,13-14,19-20H2,1-4H3,(H,41,48)(H,39,40,46,47)/t21-,28+,31+,33+,57?/m0/s1. The number of aliphatic hydroxyl groups excluding tert-OH is 1. The monoisotopic (exact) mass is 821 g/mol. The smallest absolute Gasteiger partial charge is 0.459 e. The van der Waals surface area contributed by atoms with Gasteiger partial charge in [0.2, 0.25) is 6.23 Å². The lowest BCUT2D eigenvalue weighted by molar-refractivity contribution is -0.152. The molecule has 57 heavy (non-hydrogen) atoms. The van der Waals surface area contributed by atoms with Crippen molar-refractivity contribution < 1.29 is 65.2 Å². The van der Waals surface area contributed by atoms with E-state index in [-0.39, 0.29) is 30.0 Å². The van der Waals surface area contributed by atoms with E-state index in [4.69, 9.17) is 37.1 Å². The average Bonchev–Trinajstić information content (AvgIpc) is 3.70. The SMILES string of the molecule is COc1cc(OC)c2oc(COC(=O)Nc3ccn([C@@H]4O[C@H](COP(=O)(N[C@@H](C)C(=O)OC5CCN(C)CC5)Oc5ccccc5)[C@@H](O)C4(F)F)c(=O)n3)cc2c1. The third-order valence-corrected chi connectivity index (χ3v) is 10.8. The molecule has 2 aromatic heterocycles. The van der Waals surface area contributed by atoms with Gasteiger partial charge in [-0.15, -0.1) is 0 Å². The highest BCUT2D eigenvalue weighted by Crippen LogP contribution is 2.48. The molecule has 0 bridgehead atoms. The molecule has 1 unspecified atom stereocenters. The zero-order chi connectivity index (χ0) is 40.9. The number of piperidine rings is 1. The van der Waals surface area contributed by atoms with Crippen LogP contribution in [0.15, 0.2) is 70.0 Å². The molecule has 3 N–H and O–H groups in total. The van der Waals surface area contributed by atoms with Crippen LogP contribution in [0.3, 0.4) is 0 Å². The number of para-hydroxylation sites is 1. The number of hydrogen-bond donors (Lipinski definition) is 3. The fourth-order valence-corrected chi connectivity index (χ4v) is 7.58. The summed E-state index contributed by atoms with van der Waals surface area (Å²) in [6.07, 6.45) is -6.09. The van der Waals surface area contributed by atoms with E-state index in [1.54, 1.807) is 36.4 Å². The maximum Gasteiger partial charge on any atom is 0.459 e. The number of nitrogens with one attached hydrogen (secondary N) is 2. The Labute approximate surface area is 324 Å². The molecule has 4 aromatic rings. The number of anilines is 1. The molecule has 2 saturated heterocycles. The lowest BCUT2D eigenvalue weighted by Gasteiger charge is -2.30. The molecule has 0 aliphatic carbocycles. The van der Waals surface area contributed by atoms with E-state index in [1.165, 1.54) is 33.3 Å². The number of methoxy groups -OCH3 is 2. The van der Waals surface area contributed by atoms with Crippen molar-refractivity contribution in [1.29, 1.82) is 0 Å². The topological polar surface area (TPSA) is 211 Å². The van der Waals surface area contributed by atoms with Gasteiger partial charge in [0.05, 0.1) is 20.8 Å². The van der Waals surface area contributed by atoms with Gasteiger partial charge in [0.1, 0.15) is 41.3 Å². The zero-order valence-electron chi connectivity index (χ0n) is 31.3. The molecule has 18 nitrogen and oxygen atoms in total. The van der Waals surface area contributed by atoms with Gasteiger partial charge in [0.15, 0.2) is 24.0 Å². The van der Waals surface area contributed by atoms with Crippen molar-refractivity contribution in [2.24, 2.45) is 0 Å². The predicted octanol–water partition coefficient (Wildman–Crippen LogP) is 4.47. The summed E-state index contributed by atoms with van der Waals surface area (Å²) in [4.78, 5) is 44.1. The highest BCUT2D eigenvalue weighted by molar-refractivity contribution is 7.52. The van der Waals surface area contributed by atoms with Gasteiger partial charge in [-0.3, -0.25) is 19.2 Å². The van der Waals surface area contributed by atoms with Crippen LogP contribution in [0.5, 0.6) is 17.2 Å². The molecule has 6 rings (SSSR count). The molecule has 2 aromatic carbocycles. The number of amides is 1. The molecule has 2 aliphatic rings. The van der Waals surface area contributed by atoms with E-state index < -0.39 is 62.5 Å². The van der Waals surface area contributed by atoms with Crippen LogP contribution in [0.1, 0.15) is 31.8 Å². The lowest BCUT2D eigenvalue weighted by Crippen LogP contribution is -2.42. The minimum Gasteiger partial charge on any atom is -0.497 e. The van der Waals surface area contributed by atoms with E-state index >= 15 is 8.78 Å². The molecule has 0 saturated carbocycles. The lowest BCUT2D eigenvalue weighted by atomic mass is 10.1. The van der Waals surface area contributed by atoms with Gasteiger partial charge >= 0.3 is 31.4 Å². The number of alkyl halides is 2. The maximum atomic E-state index is 15.5. The summed E-state index contributed by atoms with van der Waals surface area (Å²) in [5, 5.41) is 16.0. The molecule has 0 radical (unpaired) electrons. The zero-order valence-corrected chi connectivity index (χ0v) is 32.2. The number of halogens is 2. The fraction of sp³-hybridized carbons (Fsp3) is 0.444. The van der Waals surface area contributed by atoms with Gasteiger partial charge in [-0.2, -0.15) is 18.9 Å². The Morgan fingerprint density at radius 2 is 1.82 bits per heavy atom. The third-order valence-electron chi connectivity index (χ3n) is 9.13. The van der Waals surface area contributed by atoms with Gasteiger partial charge < -0.3 is 42.6 Å².